The van der Waals surface area contributed by atoms with Gasteiger partial charge >= 0.3 is 0 Å². The third kappa shape index (κ3) is 3.14. The minimum atomic E-state index is 0.919. The van der Waals surface area contributed by atoms with Gasteiger partial charge in [0.2, 0.25) is 0 Å². The van der Waals surface area contributed by atoms with Crippen molar-refractivity contribution in [3.05, 3.63) is 127 Å². The molecule has 0 amide bonds. The maximum absolute atomic E-state index is 6.08. The van der Waals surface area contributed by atoms with Gasteiger partial charge in [0, 0.05) is 27.8 Å². The molecule has 0 bridgehead atoms. The maximum atomic E-state index is 6.08. The topological polar surface area (TPSA) is 16.4 Å². The van der Waals surface area contributed by atoms with Crippen LogP contribution in [0, 0.1) is 0 Å². The molecule has 0 radical (unpaired) electrons. The molecule has 0 N–H and O–H groups in total. The molecule has 2 heteroatoms. The molecule has 0 unspecified atom stereocenters. The minimum absolute atomic E-state index is 0.919. The summed E-state index contributed by atoms with van der Waals surface area (Å²) < 4.78 is 6.08. The van der Waals surface area contributed by atoms with Crippen molar-refractivity contribution in [2.75, 3.05) is 4.90 Å². The quantitative estimate of drug-likeness (QED) is 0.288. The zero-order valence-electron chi connectivity index (χ0n) is 17.5. The zero-order chi connectivity index (χ0) is 21.3. The van der Waals surface area contributed by atoms with E-state index in [-0.39, 0.29) is 0 Å². The zero-order valence-corrected chi connectivity index (χ0v) is 17.5. The van der Waals surface area contributed by atoms with Crippen LogP contribution in [-0.4, -0.2) is 0 Å². The summed E-state index contributed by atoms with van der Waals surface area (Å²) in [7, 11) is 0. The maximum Gasteiger partial charge on any atom is 0.136 e. The van der Waals surface area contributed by atoms with Crippen molar-refractivity contribution < 1.29 is 4.42 Å². The highest BCUT2D eigenvalue weighted by Crippen LogP contribution is 2.39. The highest BCUT2D eigenvalue weighted by molar-refractivity contribution is 6.12. The fraction of sp³-hybridized carbons (Fsp3) is 0. The molecule has 6 aromatic rings. The second-order valence-electron chi connectivity index (χ2n) is 7.83. The van der Waals surface area contributed by atoms with Gasteiger partial charge < -0.3 is 9.32 Å². The molecular weight excluding hydrogens is 390 g/mol. The molecule has 0 aliphatic heterocycles. The molecule has 0 atom stereocenters. The van der Waals surface area contributed by atoms with Crippen LogP contribution in [0.1, 0.15) is 0 Å². The average molecular weight is 412 g/mol. The fourth-order valence-corrected chi connectivity index (χ4v) is 4.41. The largest absolute Gasteiger partial charge is 0.456 e. The van der Waals surface area contributed by atoms with E-state index in [1.807, 2.05) is 30.3 Å². The van der Waals surface area contributed by atoms with E-state index in [2.05, 4.69) is 102 Å². The van der Waals surface area contributed by atoms with Gasteiger partial charge in [0.1, 0.15) is 11.2 Å². The summed E-state index contributed by atoms with van der Waals surface area (Å²) in [5.74, 6) is 0. The first-order valence-electron chi connectivity index (χ1n) is 10.8. The molecule has 6 rings (SSSR count). The molecule has 32 heavy (non-hydrogen) atoms. The molecule has 0 fully saturated rings. The highest BCUT2D eigenvalue weighted by atomic mass is 16.3. The molecule has 0 saturated heterocycles. The predicted octanol–water partition coefficient (Wildman–Crippen LogP) is 8.72. The van der Waals surface area contributed by atoms with Crippen LogP contribution in [0.4, 0.5) is 17.1 Å². The van der Waals surface area contributed by atoms with E-state index in [1.54, 1.807) is 0 Å². The number of hydrogen-bond acceptors (Lipinski definition) is 2. The molecule has 1 heterocycles. The lowest BCUT2D eigenvalue weighted by molar-refractivity contribution is 0.669. The third-order valence-electron chi connectivity index (χ3n) is 5.87. The van der Waals surface area contributed by atoms with Gasteiger partial charge in [-0.05, 0) is 59.7 Å². The Kier molecular flexibility index (Phi) is 4.47. The van der Waals surface area contributed by atoms with Gasteiger partial charge in [-0.25, -0.2) is 0 Å². The predicted molar refractivity (Wildman–Crippen MR) is 134 cm³/mol. The van der Waals surface area contributed by atoms with Crippen LogP contribution in [-0.2, 0) is 0 Å². The van der Waals surface area contributed by atoms with E-state index in [1.165, 1.54) is 16.5 Å². The first kappa shape index (κ1) is 18.5. The number of benzene rings is 5. The Labute approximate surface area is 187 Å². The third-order valence-corrected chi connectivity index (χ3v) is 5.87. The molecule has 0 saturated carbocycles. The van der Waals surface area contributed by atoms with Gasteiger partial charge in [-0.2, -0.15) is 0 Å². The molecule has 2 nitrogen and oxygen atoms in total. The molecule has 0 aliphatic carbocycles. The molecule has 1 aromatic heterocycles. The normalized spacial score (nSPS) is 11.1. The minimum Gasteiger partial charge on any atom is -0.456 e. The van der Waals surface area contributed by atoms with Crippen molar-refractivity contribution in [2.24, 2.45) is 0 Å². The van der Waals surface area contributed by atoms with Crippen LogP contribution in [0.5, 0.6) is 0 Å². The van der Waals surface area contributed by atoms with Gasteiger partial charge in [0.15, 0.2) is 0 Å². The second kappa shape index (κ2) is 7.75. The van der Waals surface area contributed by atoms with Gasteiger partial charge in [0.25, 0.3) is 0 Å². The first-order valence-corrected chi connectivity index (χ1v) is 10.8. The Balaban J connectivity index is 1.47. The number of para-hydroxylation sites is 3. The van der Waals surface area contributed by atoms with Crippen LogP contribution in [0.15, 0.2) is 132 Å². The summed E-state index contributed by atoms with van der Waals surface area (Å²) in [4.78, 5) is 2.28. The van der Waals surface area contributed by atoms with E-state index in [4.69, 9.17) is 4.42 Å². The van der Waals surface area contributed by atoms with E-state index >= 15 is 0 Å². The summed E-state index contributed by atoms with van der Waals surface area (Å²) in [6.45, 7) is 0. The molecule has 5 aromatic carbocycles. The standard InChI is InChI=1S/C30H21NO/c1-3-10-23(11-4-1)31(24-12-5-2-6-13-24)25-20-18-22(19-21-25)26-15-9-17-29-30(26)27-14-7-8-16-28(27)32-29/h1-21H. The molecular formula is C30H21NO. The number of anilines is 3. The van der Waals surface area contributed by atoms with E-state index < -0.39 is 0 Å². The van der Waals surface area contributed by atoms with Crippen molar-refractivity contribution in [1.82, 2.24) is 0 Å². The van der Waals surface area contributed by atoms with Crippen molar-refractivity contribution in [1.29, 1.82) is 0 Å². The molecule has 0 aliphatic rings. The van der Waals surface area contributed by atoms with Crippen molar-refractivity contribution >= 4 is 39.0 Å². The SMILES string of the molecule is c1ccc(N(c2ccccc2)c2ccc(-c3cccc4oc5ccccc5c34)cc2)cc1. The Hall–Kier alpha value is -4.30. The second-order valence-corrected chi connectivity index (χ2v) is 7.83. The lowest BCUT2D eigenvalue weighted by atomic mass is 9.99. The lowest BCUT2D eigenvalue weighted by Gasteiger charge is -2.25. The Bertz CT molecular complexity index is 1460. The monoisotopic (exact) mass is 411 g/mol. The molecule has 0 spiro atoms. The summed E-state index contributed by atoms with van der Waals surface area (Å²) in [5, 5.41) is 2.32. The lowest BCUT2D eigenvalue weighted by Crippen LogP contribution is -2.09. The van der Waals surface area contributed by atoms with Crippen LogP contribution in [0.3, 0.4) is 0 Å². The number of fused-ring (bicyclic) bond motifs is 3. The molecule has 152 valence electrons. The van der Waals surface area contributed by atoms with Gasteiger partial charge in [0.05, 0.1) is 0 Å². The Morgan fingerprint density at radius 2 is 1.00 bits per heavy atom. The smallest absolute Gasteiger partial charge is 0.136 e. The van der Waals surface area contributed by atoms with E-state index in [9.17, 15) is 0 Å². The van der Waals surface area contributed by atoms with Gasteiger partial charge in [-0.3, -0.25) is 0 Å². The van der Waals surface area contributed by atoms with Crippen LogP contribution >= 0.6 is 0 Å². The van der Waals surface area contributed by atoms with Crippen LogP contribution in [0.2, 0.25) is 0 Å². The van der Waals surface area contributed by atoms with Crippen molar-refractivity contribution in [3.63, 3.8) is 0 Å². The Morgan fingerprint density at radius 1 is 0.438 bits per heavy atom. The number of rotatable bonds is 4. The van der Waals surface area contributed by atoms with Gasteiger partial charge in [-0.1, -0.05) is 78.9 Å². The fourth-order valence-electron chi connectivity index (χ4n) is 4.41. The van der Waals surface area contributed by atoms with E-state index in [0.717, 1.165) is 33.6 Å². The number of hydrogen-bond donors (Lipinski definition) is 0. The Morgan fingerprint density at radius 3 is 1.69 bits per heavy atom. The van der Waals surface area contributed by atoms with Gasteiger partial charge in [-0.15, -0.1) is 0 Å². The van der Waals surface area contributed by atoms with Crippen LogP contribution in [0.25, 0.3) is 33.1 Å². The summed E-state index contributed by atoms with van der Waals surface area (Å²) in [5.41, 5.74) is 7.59. The average Bonchev–Trinajstić information content (AvgIpc) is 3.25. The van der Waals surface area contributed by atoms with Crippen molar-refractivity contribution in [2.45, 2.75) is 0 Å². The number of nitrogens with zero attached hydrogens (tertiary/aromatic N) is 1. The highest BCUT2D eigenvalue weighted by Gasteiger charge is 2.14. The van der Waals surface area contributed by atoms with E-state index in [0.29, 0.717) is 0 Å². The van der Waals surface area contributed by atoms with Crippen LogP contribution < -0.4 is 4.90 Å². The summed E-state index contributed by atoms with van der Waals surface area (Å²) in [6.07, 6.45) is 0. The summed E-state index contributed by atoms with van der Waals surface area (Å²) >= 11 is 0. The first-order chi connectivity index (χ1) is 15.9. The van der Waals surface area contributed by atoms with Crippen molar-refractivity contribution in [3.8, 4) is 11.1 Å². The summed E-state index contributed by atoms with van der Waals surface area (Å²) in [6, 6.07) is 44.2. The number of furan rings is 1.